The highest BCUT2D eigenvalue weighted by atomic mass is 35.5. The van der Waals surface area contributed by atoms with Gasteiger partial charge >= 0.3 is 0 Å². The smallest absolute Gasteiger partial charge is 0.257 e. The summed E-state index contributed by atoms with van der Waals surface area (Å²) < 4.78 is 10.9. The first-order valence-corrected chi connectivity index (χ1v) is 9.04. The summed E-state index contributed by atoms with van der Waals surface area (Å²) in [5.74, 6) is 0.271. The van der Waals surface area contributed by atoms with Gasteiger partial charge in [-0.3, -0.25) is 4.79 Å². The zero-order valence-electron chi connectivity index (χ0n) is 14.5. The Morgan fingerprint density at radius 1 is 1.36 bits per heavy atom. The number of carbonyl (C=O) groups excluding carboxylic acids is 1. The topological polar surface area (TPSA) is 62.2 Å². The summed E-state index contributed by atoms with van der Waals surface area (Å²) >= 11 is 6.05. The molecule has 2 aliphatic heterocycles. The molecule has 0 unspecified atom stereocenters. The van der Waals surface area contributed by atoms with E-state index in [2.05, 4.69) is 4.90 Å². The Bertz CT molecular complexity index is 621. The number of β-amino-alcohol motifs (C(OH)–C–C–N with tert-alkyl or cyclic N) is 1. The predicted molar refractivity (Wildman–Crippen MR) is 95.4 cm³/mol. The number of aliphatic hydroxyl groups is 1. The normalized spacial score (nSPS) is 25.0. The van der Waals surface area contributed by atoms with E-state index in [-0.39, 0.29) is 19.1 Å². The van der Waals surface area contributed by atoms with Crippen LogP contribution < -0.4 is 4.74 Å². The SMILES string of the molecule is COc1ccc(Cl)cc1C(=O)N1CCOC[C@@](O)(CN2CCCC2)C1. The van der Waals surface area contributed by atoms with E-state index < -0.39 is 5.60 Å². The lowest BCUT2D eigenvalue weighted by Crippen LogP contribution is -2.53. The fourth-order valence-corrected chi connectivity index (χ4v) is 3.73. The molecule has 1 aromatic rings. The zero-order chi connectivity index (χ0) is 17.9. The second kappa shape index (κ2) is 7.91. The molecule has 0 radical (unpaired) electrons. The van der Waals surface area contributed by atoms with Crippen LogP contribution in [0.15, 0.2) is 18.2 Å². The van der Waals surface area contributed by atoms with Crippen LogP contribution in [0.3, 0.4) is 0 Å². The summed E-state index contributed by atoms with van der Waals surface area (Å²) in [5.41, 5.74) is -0.664. The summed E-state index contributed by atoms with van der Waals surface area (Å²) in [7, 11) is 1.52. The lowest BCUT2D eigenvalue weighted by molar-refractivity contribution is -0.0524. The Balaban J connectivity index is 1.78. The van der Waals surface area contributed by atoms with Gasteiger partial charge in [0.15, 0.2) is 0 Å². The van der Waals surface area contributed by atoms with Crippen molar-refractivity contribution in [2.45, 2.75) is 18.4 Å². The molecule has 1 atom stereocenters. The van der Waals surface area contributed by atoms with Crippen molar-refractivity contribution in [2.75, 3.05) is 53.0 Å². The Kier molecular flexibility index (Phi) is 5.84. The average molecular weight is 369 g/mol. The van der Waals surface area contributed by atoms with Crippen molar-refractivity contribution >= 4 is 17.5 Å². The maximum atomic E-state index is 13.0. The molecule has 2 heterocycles. The molecule has 0 aromatic heterocycles. The van der Waals surface area contributed by atoms with Gasteiger partial charge in [-0.15, -0.1) is 0 Å². The minimum Gasteiger partial charge on any atom is -0.496 e. The second-order valence-electron chi connectivity index (χ2n) is 6.83. The van der Waals surface area contributed by atoms with E-state index in [1.165, 1.54) is 7.11 Å². The van der Waals surface area contributed by atoms with Gasteiger partial charge in [0.25, 0.3) is 5.91 Å². The van der Waals surface area contributed by atoms with Gasteiger partial charge < -0.3 is 24.4 Å². The van der Waals surface area contributed by atoms with Crippen molar-refractivity contribution in [2.24, 2.45) is 0 Å². The van der Waals surface area contributed by atoms with Gasteiger partial charge in [0.1, 0.15) is 11.4 Å². The number of likely N-dealkylation sites (tertiary alicyclic amines) is 1. The fourth-order valence-electron chi connectivity index (χ4n) is 3.56. The van der Waals surface area contributed by atoms with E-state index in [0.717, 1.165) is 25.9 Å². The lowest BCUT2D eigenvalue weighted by atomic mass is 10.0. The van der Waals surface area contributed by atoms with Crippen molar-refractivity contribution in [1.29, 1.82) is 0 Å². The molecule has 1 N–H and O–H groups in total. The molecule has 2 fully saturated rings. The molecular formula is C18H25ClN2O4. The molecule has 2 saturated heterocycles. The van der Waals surface area contributed by atoms with Crippen LogP contribution in [0.4, 0.5) is 0 Å². The molecule has 0 spiro atoms. The lowest BCUT2D eigenvalue weighted by Gasteiger charge is -2.34. The summed E-state index contributed by atoms with van der Waals surface area (Å²) in [6, 6.07) is 4.97. The number of rotatable bonds is 4. The Morgan fingerprint density at radius 3 is 2.84 bits per heavy atom. The van der Waals surface area contributed by atoms with Gasteiger partial charge in [0.2, 0.25) is 0 Å². The molecule has 3 rings (SSSR count). The van der Waals surface area contributed by atoms with E-state index in [0.29, 0.717) is 36.0 Å². The van der Waals surface area contributed by atoms with E-state index in [9.17, 15) is 9.90 Å². The van der Waals surface area contributed by atoms with Crippen LogP contribution in [-0.4, -0.2) is 79.5 Å². The summed E-state index contributed by atoms with van der Waals surface area (Å²) in [4.78, 5) is 16.9. The average Bonchev–Trinajstić information content (AvgIpc) is 3.01. The largest absolute Gasteiger partial charge is 0.496 e. The highest BCUT2D eigenvalue weighted by Crippen LogP contribution is 2.26. The number of methoxy groups -OCH3 is 1. The van der Waals surface area contributed by atoms with Gasteiger partial charge in [-0.1, -0.05) is 11.6 Å². The third-order valence-corrected chi connectivity index (χ3v) is 4.99. The van der Waals surface area contributed by atoms with Crippen LogP contribution >= 0.6 is 11.6 Å². The number of amides is 1. The molecule has 1 aromatic carbocycles. The van der Waals surface area contributed by atoms with Gasteiger partial charge in [-0.05, 0) is 44.1 Å². The number of ether oxygens (including phenoxy) is 2. The van der Waals surface area contributed by atoms with Gasteiger partial charge in [0, 0.05) is 18.1 Å². The van der Waals surface area contributed by atoms with Gasteiger partial charge in [-0.2, -0.15) is 0 Å². The first-order chi connectivity index (χ1) is 12.0. The van der Waals surface area contributed by atoms with Crippen LogP contribution in [-0.2, 0) is 4.74 Å². The van der Waals surface area contributed by atoms with Crippen molar-refractivity contribution in [3.8, 4) is 5.75 Å². The van der Waals surface area contributed by atoms with Crippen molar-refractivity contribution < 1.29 is 19.4 Å². The molecule has 0 aliphatic carbocycles. The summed E-state index contributed by atoms with van der Waals surface area (Å²) in [6.07, 6.45) is 2.30. The Hall–Kier alpha value is -1.34. The molecule has 0 saturated carbocycles. The van der Waals surface area contributed by atoms with E-state index in [4.69, 9.17) is 21.1 Å². The van der Waals surface area contributed by atoms with Crippen LogP contribution in [0.25, 0.3) is 0 Å². The third kappa shape index (κ3) is 4.44. The summed E-state index contributed by atoms with van der Waals surface area (Å²) in [6.45, 7) is 3.78. The van der Waals surface area contributed by atoms with Crippen molar-refractivity contribution in [1.82, 2.24) is 9.80 Å². The van der Waals surface area contributed by atoms with Gasteiger partial charge in [0.05, 0.1) is 32.4 Å². The first-order valence-electron chi connectivity index (χ1n) is 8.66. The van der Waals surface area contributed by atoms with E-state index in [1.54, 1.807) is 23.1 Å². The minimum absolute atomic E-state index is 0.204. The molecule has 2 aliphatic rings. The second-order valence-corrected chi connectivity index (χ2v) is 7.27. The molecule has 1 amide bonds. The van der Waals surface area contributed by atoms with Crippen LogP contribution in [0.2, 0.25) is 5.02 Å². The molecule has 25 heavy (non-hydrogen) atoms. The standard InChI is InChI=1S/C18H25ClN2O4/c1-24-16-5-4-14(19)10-15(16)17(22)21-8-9-25-13-18(23,12-21)11-20-6-2-3-7-20/h4-5,10,23H,2-3,6-9,11-13H2,1H3/t18-/m1/s1. The molecular weight excluding hydrogens is 344 g/mol. The number of halogens is 1. The minimum atomic E-state index is -1.07. The quantitative estimate of drug-likeness (QED) is 0.875. The van der Waals surface area contributed by atoms with Crippen molar-refractivity contribution in [3.05, 3.63) is 28.8 Å². The highest BCUT2D eigenvalue weighted by molar-refractivity contribution is 6.31. The zero-order valence-corrected chi connectivity index (χ0v) is 15.3. The van der Waals surface area contributed by atoms with E-state index >= 15 is 0 Å². The molecule has 7 heteroatoms. The highest BCUT2D eigenvalue weighted by Gasteiger charge is 2.37. The first kappa shape index (κ1) is 18.5. The number of carbonyl (C=O) groups is 1. The monoisotopic (exact) mass is 368 g/mol. The molecule has 6 nitrogen and oxygen atoms in total. The maximum Gasteiger partial charge on any atom is 0.257 e. The number of nitrogens with zero attached hydrogens (tertiary/aromatic N) is 2. The fraction of sp³-hybridized carbons (Fsp3) is 0.611. The third-order valence-electron chi connectivity index (χ3n) is 4.76. The Labute approximate surface area is 153 Å². The maximum absolute atomic E-state index is 13.0. The van der Waals surface area contributed by atoms with E-state index in [1.807, 2.05) is 0 Å². The van der Waals surface area contributed by atoms with Crippen LogP contribution in [0.1, 0.15) is 23.2 Å². The summed E-state index contributed by atoms with van der Waals surface area (Å²) in [5, 5.41) is 11.5. The van der Waals surface area contributed by atoms with Crippen molar-refractivity contribution in [3.63, 3.8) is 0 Å². The number of hydrogen-bond donors (Lipinski definition) is 1. The Morgan fingerprint density at radius 2 is 2.12 bits per heavy atom. The van der Waals surface area contributed by atoms with Gasteiger partial charge in [-0.25, -0.2) is 0 Å². The van der Waals surface area contributed by atoms with Crippen LogP contribution in [0.5, 0.6) is 5.75 Å². The number of hydrogen-bond acceptors (Lipinski definition) is 5. The predicted octanol–water partition coefficient (Wildman–Crippen LogP) is 1.65. The number of benzene rings is 1. The van der Waals surface area contributed by atoms with Crippen LogP contribution in [0, 0.1) is 0 Å². The molecule has 0 bridgehead atoms. The molecule has 138 valence electrons.